The van der Waals surface area contributed by atoms with Crippen molar-refractivity contribution in [1.82, 2.24) is 10.2 Å². The van der Waals surface area contributed by atoms with Crippen LogP contribution in [0.25, 0.3) is 0 Å². The van der Waals surface area contributed by atoms with E-state index in [4.69, 9.17) is 0 Å². The molecule has 2 rings (SSSR count). The molecular formula is C17H34N2O. The Kier molecular flexibility index (Phi) is 5.14. The SMILES string of the molecule is CC1CCCC(CNC2CC2)(CN(C)C(C)(C)CO)C1. The Bertz CT molecular complexity index is 314. The van der Waals surface area contributed by atoms with Gasteiger partial charge in [0.05, 0.1) is 6.61 Å². The fourth-order valence-corrected chi connectivity index (χ4v) is 3.62. The van der Waals surface area contributed by atoms with E-state index in [1.807, 2.05) is 0 Å². The van der Waals surface area contributed by atoms with E-state index in [0.29, 0.717) is 5.41 Å². The summed E-state index contributed by atoms with van der Waals surface area (Å²) in [6.45, 7) is 9.18. The summed E-state index contributed by atoms with van der Waals surface area (Å²) < 4.78 is 0. The van der Waals surface area contributed by atoms with Gasteiger partial charge in [0.15, 0.2) is 0 Å². The van der Waals surface area contributed by atoms with Crippen molar-refractivity contribution in [3.8, 4) is 0 Å². The van der Waals surface area contributed by atoms with Gasteiger partial charge in [0.25, 0.3) is 0 Å². The average molecular weight is 282 g/mol. The predicted octanol–water partition coefficient (Wildman–Crippen LogP) is 2.64. The van der Waals surface area contributed by atoms with Gasteiger partial charge in [0, 0.05) is 24.7 Å². The van der Waals surface area contributed by atoms with E-state index in [2.05, 4.69) is 38.0 Å². The number of hydrogen-bond acceptors (Lipinski definition) is 3. The summed E-state index contributed by atoms with van der Waals surface area (Å²) in [5.74, 6) is 0.843. The van der Waals surface area contributed by atoms with Gasteiger partial charge in [-0.2, -0.15) is 0 Å². The average Bonchev–Trinajstić information content (AvgIpc) is 3.20. The van der Waals surface area contributed by atoms with Crippen LogP contribution < -0.4 is 5.32 Å². The lowest BCUT2D eigenvalue weighted by molar-refractivity contribution is 0.0172. The fraction of sp³-hybridized carbons (Fsp3) is 1.00. The maximum atomic E-state index is 9.60. The molecule has 0 aromatic carbocycles. The molecular weight excluding hydrogens is 248 g/mol. The third kappa shape index (κ3) is 4.19. The second-order valence-corrected chi connectivity index (χ2v) is 8.18. The van der Waals surface area contributed by atoms with Crippen molar-refractivity contribution >= 4 is 0 Å². The Balaban J connectivity index is 2.00. The molecule has 0 bridgehead atoms. The van der Waals surface area contributed by atoms with Crippen LogP contribution >= 0.6 is 0 Å². The second-order valence-electron chi connectivity index (χ2n) is 8.18. The lowest BCUT2D eigenvalue weighted by atomic mass is 9.69. The molecule has 3 heteroatoms. The zero-order chi connectivity index (χ0) is 14.8. The van der Waals surface area contributed by atoms with Crippen LogP contribution in [0.2, 0.25) is 0 Å². The van der Waals surface area contributed by atoms with Gasteiger partial charge in [0.2, 0.25) is 0 Å². The third-order valence-corrected chi connectivity index (χ3v) is 5.52. The molecule has 2 atom stereocenters. The smallest absolute Gasteiger partial charge is 0.0609 e. The monoisotopic (exact) mass is 282 g/mol. The summed E-state index contributed by atoms with van der Waals surface area (Å²) in [5.41, 5.74) is 0.286. The minimum Gasteiger partial charge on any atom is -0.394 e. The van der Waals surface area contributed by atoms with Gasteiger partial charge in [-0.05, 0) is 57.9 Å². The maximum absolute atomic E-state index is 9.60. The first-order valence-electron chi connectivity index (χ1n) is 8.42. The van der Waals surface area contributed by atoms with Crippen LogP contribution in [0.15, 0.2) is 0 Å². The van der Waals surface area contributed by atoms with Crippen molar-refractivity contribution in [3.63, 3.8) is 0 Å². The summed E-state index contributed by atoms with van der Waals surface area (Å²) in [4.78, 5) is 2.37. The molecule has 0 radical (unpaired) electrons. The summed E-state index contributed by atoms with van der Waals surface area (Å²) >= 11 is 0. The molecule has 2 saturated carbocycles. The highest BCUT2D eigenvalue weighted by Crippen LogP contribution is 2.41. The van der Waals surface area contributed by atoms with E-state index in [1.165, 1.54) is 38.5 Å². The molecule has 0 spiro atoms. The Morgan fingerprint density at radius 2 is 2.00 bits per heavy atom. The highest BCUT2D eigenvalue weighted by Gasteiger charge is 2.39. The molecule has 0 heterocycles. The molecule has 3 nitrogen and oxygen atoms in total. The zero-order valence-corrected chi connectivity index (χ0v) is 13.9. The Labute approximate surface area is 125 Å². The molecule has 2 aliphatic carbocycles. The van der Waals surface area contributed by atoms with Crippen LogP contribution in [0.1, 0.15) is 59.3 Å². The number of nitrogens with one attached hydrogen (secondary N) is 1. The zero-order valence-electron chi connectivity index (χ0n) is 13.9. The molecule has 20 heavy (non-hydrogen) atoms. The van der Waals surface area contributed by atoms with E-state index < -0.39 is 0 Å². The quantitative estimate of drug-likeness (QED) is 0.753. The summed E-state index contributed by atoms with van der Waals surface area (Å²) in [5, 5.41) is 13.4. The maximum Gasteiger partial charge on any atom is 0.0609 e. The first-order chi connectivity index (χ1) is 9.37. The molecule has 2 fully saturated rings. The number of likely N-dealkylation sites (N-methyl/N-ethyl adjacent to an activating group) is 1. The molecule has 0 aliphatic heterocycles. The normalized spacial score (nSPS) is 31.8. The predicted molar refractivity (Wildman–Crippen MR) is 84.9 cm³/mol. The summed E-state index contributed by atoms with van der Waals surface area (Å²) in [6, 6.07) is 0.792. The topological polar surface area (TPSA) is 35.5 Å². The van der Waals surface area contributed by atoms with Gasteiger partial charge in [-0.15, -0.1) is 0 Å². The lowest BCUT2D eigenvalue weighted by Crippen LogP contribution is -2.53. The van der Waals surface area contributed by atoms with Crippen LogP contribution in [0.5, 0.6) is 0 Å². The van der Waals surface area contributed by atoms with Crippen LogP contribution in [0.3, 0.4) is 0 Å². The van der Waals surface area contributed by atoms with E-state index in [1.54, 1.807) is 0 Å². The van der Waals surface area contributed by atoms with Crippen LogP contribution in [-0.4, -0.2) is 48.3 Å². The Morgan fingerprint density at radius 3 is 2.55 bits per heavy atom. The van der Waals surface area contributed by atoms with Crippen LogP contribution in [0.4, 0.5) is 0 Å². The minimum atomic E-state index is -0.118. The van der Waals surface area contributed by atoms with Gasteiger partial charge in [-0.3, -0.25) is 4.90 Å². The summed E-state index contributed by atoms with van der Waals surface area (Å²) in [7, 11) is 2.17. The molecule has 0 amide bonds. The Morgan fingerprint density at radius 1 is 1.30 bits per heavy atom. The minimum absolute atomic E-state index is 0.118. The van der Waals surface area contributed by atoms with Crippen molar-refractivity contribution in [3.05, 3.63) is 0 Å². The van der Waals surface area contributed by atoms with E-state index in [-0.39, 0.29) is 12.1 Å². The van der Waals surface area contributed by atoms with E-state index in [0.717, 1.165) is 25.0 Å². The summed E-state index contributed by atoms with van der Waals surface area (Å²) in [6.07, 6.45) is 8.15. The molecule has 0 aromatic heterocycles. The van der Waals surface area contributed by atoms with Crippen molar-refractivity contribution in [2.45, 2.75) is 70.9 Å². The van der Waals surface area contributed by atoms with Crippen molar-refractivity contribution in [2.75, 3.05) is 26.7 Å². The number of aliphatic hydroxyl groups excluding tert-OH is 1. The third-order valence-electron chi connectivity index (χ3n) is 5.52. The van der Waals surface area contributed by atoms with Crippen LogP contribution in [-0.2, 0) is 0 Å². The number of hydrogen-bond donors (Lipinski definition) is 2. The molecule has 2 aliphatic rings. The van der Waals surface area contributed by atoms with Crippen molar-refractivity contribution in [2.24, 2.45) is 11.3 Å². The molecule has 0 saturated heterocycles. The largest absolute Gasteiger partial charge is 0.394 e. The van der Waals surface area contributed by atoms with Gasteiger partial charge >= 0.3 is 0 Å². The van der Waals surface area contributed by atoms with Gasteiger partial charge < -0.3 is 10.4 Å². The van der Waals surface area contributed by atoms with Gasteiger partial charge in [-0.25, -0.2) is 0 Å². The number of aliphatic hydroxyl groups is 1. The first kappa shape index (κ1) is 16.3. The fourth-order valence-electron chi connectivity index (χ4n) is 3.62. The molecule has 0 aromatic rings. The lowest BCUT2D eigenvalue weighted by Gasteiger charge is -2.46. The van der Waals surface area contributed by atoms with Crippen molar-refractivity contribution in [1.29, 1.82) is 0 Å². The number of rotatable bonds is 7. The highest BCUT2D eigenvalue weighted by atomic mass is 16.3. The molecule has 2 N–H and O–H groups in total. The highest BCUT2D eigenvalue weighted by molar-refractivity contribution is 4.94. The second kappa shape index (κ2) is 6.33. The first-order valence-corrected chi connectivity index (χ1v) is 8.42. The standard InChI is InChI=1S/C17H34N2O/c1-14-6-5-9-17(10-14,11-18-15-7-8-15)12-19(4)16(2,3)13-20/h14-15,18,20H,5-13H2,1-4H3. The number of nitrogens with zero attached hydrogens (tertiary/aromatic N) is 1. The molecule has 118 valence electrons. The van der Waals surface area contributed by atoms with E-state index >= 15 is 0 Å². The van der Waals surface area contributed by atoms with Crippen molar-refractivity contribution < 1.29 is 5.11 Å². The van der Waals surface area contributed by atoms with Crippen LogP contribution in [0, 0.1) is 11.3 Å². The molecule has 2 unspecified atom stereocenters. The van der Waals surface area contributed by atoms with E-state index in [9.17, 15) is 5.11 Å². The van der Waals surface area contributed by atoms with Gasteiger partial charge in [-0.1, -0.05) is 19.8 Å². The Hall–Kier alpha value is -0.120. The van der Waals surface area contributed by atoms with Gasteiger partial charge in [0.1, 0.15) is 0 Å².